The molecule has 31 heavy (non-hydrogen) atoms. The van der Waals surface area contributed by atoms with Gasteiger partial charge in [-0.15, -0.1) is 0 Å². The summed E-state index contributed by atoms with van der Waals surface area (Å²) in [6, 6.07) is 14.4. The number of esters is 1. The van der Waals surface area contributed by atoms with E-state index < -0.39 is 5.54 Å². The van der Waals surface area contributed by atoms with E-state index in [9.17, 15) is 9.59 Å². The number of benzene rings is 1. The molecule has 2 aromatic rings. The second-order valence-electron chi connectivity index (χ2n) is 8.78. The molecule has 1 atom stereocenters. The molecule has 1 saturated carbocycles. The summed E-state index contributed by atoms with van der Waals surface area (Å²) in [4.78, 5) is 27.9. The van der Waals surface area contributed by atoms with Gasteiger partial charge in [-0.05, 0) is 43.9 Å². The Morgan fingerprint density at radius 3 is 2.58 bits per heavy atom. The SMILES string of the molecule is CCOC(=O)CC1(NC(=O)N2CCn3cccc3C2Cc2ccccc2)CCCCC1. The molecular weight excluding hydrogens is 390 g/mol. The number of fused-ring (bicyclic) bond motifs is 1. The molecule has 1 aromatic carbocycles. The van der Waals surface area contributed by atoms with Crippen LogP contribution in [0.1, 0.15) is 62.7 Å². The van der Waals surface area contributed by atoms with Crippen LogP contribution in [0.25, 0.3) is 0 Å². The van der Waals surface area contributed by atoms with Crippen LogP contribution >= 0.6 is 0 Å². The fraction of sp³-hybridized carbons (Fsp3) is 0.520. The zero-order chi connectivity index (χ0) is 21.7. The van der Waals surface area contributed by atoms with E-state index in [2.05, 4.69) is 40.3 Å². The Hall–Kier alpha value is -2.76. The first kappa shape index (κ1) is 21.5. The highest BCUT2D eigenvalue weighted by Gasteiger charge is 2.39. The number of hydrogen-bond donors (Lipinski definition) is 1. The summed E-state index contributed by atoms with van der Waals surface area (Å²) >= 11 is 0. The molecule has 1 unspecified atom stereocenters. The summed E-state index contributed by atoms with van der Waals surface area (Å²) < 4.78 is 7.47. The molecule has 0 bridgehead atoms. The van der Waals surface area contributed by atoms with Crippen LogP contribution in [0.3, 0.4) is 0 Å². The minimum atomic E-state index is -0.502. The summed E-state index contributed by atoms with van der Waals surface area (Å²) in [6.45, 7) is 3.62. The highest BCUT2D eigenvalue weighted by atomic mass is 16.5. The van der Waals surface area contributed by atoms with E-state index in [0.29, 0.717) is 13.2 Å². The number of ether oxygens (including phenoxy) is 1. The van der Waals surface area contributed by atoms with Gasteiger partial charge in [0.1, 0.15) is 0 Å². The van der Waals surface area contributed by atoms with Gasteiger partial charge in [0, 0.05) is 25.0 Å². The quantitative estimate of drug-likeness (QED) is 0.698. The van der Waals surface area contributed by atoms with Crippen LogP contribution in [0, 0.1) is 0 Å². The van der Waals surface area contributed by atoms with Crippen molar-refractivity contribution in [2.45, 2.75) is 70.0 Å². The van der Waals surface area contributed by atoms with E-state index in [0.717, 1.165) is 50.8 Å². The van der Waals surface area contributed by atoms with Crippen molar-refractivity contribution >= 4 is 12.0 Å². The van der Waals surface area contributed by atoms with Crippen LogP contribution in [0.2, 0.25) is 0 Å². The highest BCUT2D eigenvalue weighted by molar-refractivity contribution is 5.78. The molecule has 0 radical (unpaired) electrons. The minimum absolute atomic E-state index is 0.0330. The summed E-state index contributed by atoms with van der Waals surface area (Å²) in [6.07, 6.45) is 7.95. The van der Waals surface area contributed by atoms with Crippen molar-refractivity contribution < 1.29 is 14.3 Å². The predicted octanol–water partition coefficient (Wildman–Crippen LogP) is 4.45. The van der Waals surface area contributed by atoms with E-state index in [1.807, 2.05) is 30.0 Å². The third-order valence-electron chi connectivity index (χ3n) is 6.67. The van der Waals surface area contributed by atoms with E-state index in [1.54, 1.807) is 0 Å². The van der Waals surface area contributed by atoms with E-state index >= 15 is 0 Å². The van der Waals surface area contributed by atoms with Gasteiger partial charge in [-0.1, -0.05) is 49.6 Å². The van der Waals surface area contributed by atoms with Gasteiger partial charge < -0.3 is 19.5 Å². The summed E-state index contributed by atoms with van der Waals surface area (Å²) in [5.74, 6) is -0.224. The topological polar surface area (TPSA) is 63.6 Å². The summed E-state index contributed by atoms with van der Waals surface area (Å²) in [7, 11) is 0. The average Bonchev–Trinajstić information content (AvgIpc) is 3.24. The monoisotopic (exact) mass is 423 g/mol. The number of hydrogen-bond acceptors (Lipinski definition) is 3. The van der Waals surface area contributed by atoms with Gasteiger partial charge in [-0.2, -0.15) is 0 Å². The third kappa shape index (κ3) is 4.94. The van der Waals surface area contributed by atoms with E-state index in [4.69, 9.17) is 4.74 Å². The van der Waals surface area contributed by atoms with Crippen LogP contribution in [-0.2, 0) is 22.5 Å². The Labute approximate surface area is 184 Å². The third-order valence-corrected chi connectivity index (χ3v) is 6.67. The number of nitrogens with one attached hydrogen (secondary N) is 1. The van der Waals surface area contributed by atoms with Gasteiger partial charge in [0.15, 0.2) is 0 Å². The maximum absolute atomic E-state index is 13.6. The van der Waals surface area contributed by atoms with E-state index in [1.165, 1.54) is 5.56 Å². The zero-order valence-corrected chi connectivity index (χ0v) is 18.4. The number of rotatable bonds is 6. The maximum atomic E-state index is 13.6. The largest absolute Gasteiger partial charge is 0.466 e. The fourth-order valence-electron chi connectivity index (χ4n) is 5.12. The highest BCUT2D eigenvalue weighted by Crippen LogP contribution is 2.34. The smallest absolute Gasteiger partial charge is 0.318 e. The molecule has 1 N–H and O–H groups in total. The lowest BCUT2D eigenvalue weighted by Crippen LogP contribution is -2.57. The van der Waals surface area contributed by atoms with Crippen molar-refractivity contribution in [3.05, 3.63) is 59.9 Å². The van der Waals surface area contributed by atoms with Crippen molar-refractivity contribution in [2.75, 3.05) is 13.2 Å². The molecule has 2 heterocycles. The molecular formula is C25H33N3O3. The fourth-order valence-corrected chi connectivity index (χ4v) is 5.12. The summed E-state index contributed by atoms with van der Waals surface area (Å²) in [5.41, 5.74) is 1.87. The summed E-state index contributed by atoms with van der Waals surface area (Å²) in [5, 5.41) is 3.31. The normalized spacial score (nSPS) is 20.0. The lowest BCUT2D eigenvalue weighted by Gasteiger charge is -2.42. The van der Waals surface area contributed by atoms with Gasteiger partial charge in [0.2, 0.25) is 0 Å². The van der Waals surface area contributed by atoms with Crippen molar-refractivity contribution in [2.24, 2.45) is 0 Å². The van der Waals surface area contributed by atoms with Crippen molar-refractivity contribution in [1.82, 2.24) is 14.8 Å². The molecule has 4 rings (SSSR count). The Kier molecular flexibility index (Phi) is 6.64. The molecule has 2 aliphatic rings. The molecule has 2 amide bonds. The molecule has 1 fully saturated rings. The Morgan fingerprint density at radius 2 is 1.84 bits per heavy atom. The van der Waals surface area contributed by atoms with Crippen LogP contribution < -0.4 is 5.32 Å². The second-order valence-corrected chi connectivity index (χ2v) is 8.78. The van der Waals surface area contributed by atoms with Crippen molar-refractivity contribution in [3.8, 4) is 0 Å². The van der Waals surface area contributed by atoms with Gasteiger partial charge in [0.05, 0.1) is 24.6 Å². The zero-order valence-electron chi connectivity index (χ0n) is 18.4. The van der Waals surface area contributed by atoms with Gasteiger partial charge >= 0.3 is 12.0 Å². The number of carbonyl (C=O) groups excluding carboxylic acids is 2. The Bertz CT molecular complexity index is 886. The molecule has 1 aliphatic carbocycles. The number of urea groups is 1. The lowest BCUT2D eigenvalue weighted by atomic mass is 9.79. The molecule has 0 saturated heterocycles. The molecule has 166 valence electrons. The Balaban J connectivity index is 1.55. The van der Waals surface area contributed by atoms with E-state index in [-0.39, 0.29) is 24.5 Å². The van der Waals surface area contributed by atoms with Crippen LogP contribution in [-0.4, -0.2) is 40.2 Å². The number of carbonyl (C=O) groups is 2. The van der Waals surface area contributed by atoms with Crippen molar-refractivity contribution in [3.63, 3.8) is 0 Å². The second kappa shape index (κ2) is 9.58. The first-order chi connectivity index (χ1) is 15.1. The van der Waals surface area contributed by atoms with Gasteiger partial charge in [0.25, 0.3) is 0 Å². The number of nitrogens with zero attached hydrogens (tertiary/aromatic N) is 2. The standard InChI is InChI=1S/C25H33N3O3/c1-2-31-23(29)19-25(13-7-4-8-14-25)26-24(30)28-17-16-27-15-9-12-21(27)22(28)18-20-10-5-3-6-11-20/h3,5-6,9-12,15,22H,2,4,7-8,13-14,16-19H2,1H3,(H,26,30). The lowest BCUT2D eigenvalue weighted by molar-refractivity contribution is -0.145. The van der Waals surface area contributed by atoms with Gasteiger partial charge in [-0.25, -0.2) is 4.79 Å². The number of aromatic nitrogens is 1. The van der Waals surface area contributed by atoms with Crippen LogP contribution in [0.4, 0.5) is 4.79 Å². The first-order valence-electron chi connectivity index (χ1n) is 11.5. The molecule has 6 nitrogen and oxygen atoms in total. The molecule has 6 heteroatoms. The average molecular weight is 424 g/mol. The Morgan fingerprint density at radius 1 is 1.06 bits per heavy atom. The minimum Gasteiger partial charge on any atom is -0.466 e. The predicted molar refractivity (Wildman–Crippen MR) is 120 cm³/mol. The van der Waals surface area contributed by atoms with Crippen molar-refractivity contribution in [1.29, 1.82) is 0 Å². The first-order valence-corrected chi connectivity index (χ1v) is 11.5. The van der Waals surface area contributed by atoms with Crippen LogP contribution in [0.15, 0.2) is 48.7 Å². The molecule has 0 spiro atoms. The molecule has 1 aromatic heterocycles. The van der Waals surface area contributed by atoms with Crippen LogP contribution in [0.5, 0.6) is 0 Å². The maximum Gasteiger partial charge on any atom is 0.318 e. The molecule has 1 aliphatic heterocycles. The van der Waals surface area contributed by atoms with Gasteiger partial charge in [-0.3, -0.25) is 4.79 Å². The number of amides is 2.